The molecule has 0 aliphatic rings. The van der Waals surface area contributed by atoms with Gasteiger partial charge >= 0.3 is 18.4 Å². The summed E-state index contributed by atoms with van der Waals surface area (Å²) in [6.07, 6.45) is -12.9. The van der Waals surface area contributed by atoms with Crippen LogP contribution in [-0.2, 0) is 0 Å². The third-order valence-corrected chi connectivity index (χ3v) is 3.26. The van der Waals surface area contributed by atoms with Gasteiger partial charge in [-0.2, -0.15) is 26.3 Å². The highest BCUT2D eigenvalue weighted by molar-refractivity contribution is 5.90. The number of halogens is 7. The number of alkyl halides is 6. The number of nitrogens with one attached hydrogen (secondary N) is 2. The number of hydrogen-bond donors (Lipinski definition) is 2. The van der Waals surface area contributed by atoms with Crippen LogP contribution < -0.4 is 10.6 Å². The Hall–Kier alpha value is -2.00. The summed E-state index contributed by atoms with van der Waals surface area (Å²) in [5.41, 5.74) is -4.35. The molecule has 0 aliphatic carbocycles. The van der Waals surface area contributed by atoms with Crippen molar-refractivity contribution in [3.8, 4) is 0 Å². The molecule has 0 saturated carbocycles. The van der Waals surface area contributed by atoms with Gasteiger partial charge in [0.2, 0.25) is 5.54 Å². The minimum atomic E-state index is -5.74. The van der Waals surface area contributed by atoms with Crippen LogP contribution in [0.5, 0.6) is 0 Å². The van der Waals surface area contributed by atoms with Gasteiger partial charge in [0.25, 0.3) is 0 Å². The first kappa shape index (κ1) is 19.0. The van der Waals surface area contributed by atoms with E-state index in [2.05, 4.69) is 0 Å². The van der Waals surface area contributed by atoms with Crippen molar-refractivity contribution < 1.29 is 35.5 Å². The molecule has 0 radical (unpaired) electrons. The molecule has 1 aromatic rings. The Kier molecular flexibility index (Phi) is 5.17. The molecule has 0 saturated heterocycles. The van der Waals surface area contributed by atoms with E-state index in [-0.39, 0.29) is 11.3 Å². The molecule has 1 rings (SSSR count). The predicted molar refractivity (Wildman–Crippen MR) is 68.4 cm³/mol. The second kappa shape index (κ2) is 6.25. The van der Waals surface area contributed by atoms with Crippen LogP contribution in [0.15, 0.2) is 18.2 Å². The fraction of sp³-hybridized carbons (Fsp3) is 0.462. The molecule has 0 aliphatic heterocycles. The van der Waals surface area contributed by atoms with Crippen molar-refractivity contribution in [1.29, 1.82) is 0 Å². The van der Waals surface area contributed by atoms with Crippen LogP contribution in [0, 0.1) is 12.7 Å². The highest BCUT2D eigenvalue weighted by Gasteiger charge is 2.70. The van der Waals surface area contributed by atoms with Crippen molar-refractivity contribution >= 4 is 11.7 Å². The molecule has 2 N–H and O–H groups in total. The number of carbonyl (C=O) groups is 1. The van der Waals surface area contributed by atoms with E-state index in [0.29, 0.717) is 6.92 Å². The zero-order valence-corrected chi connectivity index (χ0v) is 12.0. The number of hydrogen-bond acceptors (Lipinski definition) is 1. The second-order valence-corrected chi connectivity index (χ2v) is 4.79. The molecule has 0 fully saturated rings. The van der Waals surface area contributed by atoms with E-state index in [1.165, 1.54) is 6.92 Å². The molecule has 130 valence electrons. The monoisotopic (exact) mass is 346 g/mol. The van der Waals surface area contributed by atoms with E-state index in [4.69, 9.17) is 0 Å². The summed E-state index contributed by atoms with van der Waals surface area (Å²) in [6, 6.07) is 1.20. The fourth-order valence-electron chi connectivity index (χ4n) is 1.91. The first-order valence-corrected chi connectivity index (χ1v) is 6.33. The highest BCUT2D eigenvalue weighted by Crippen LogP contribution is 2.45. The number of anilines is 1. The maximum absolute atomic E-state index is 12.9. The summed E-state index contributed by atoms with van der Waals surface area (Å²) in [5.74, 6) is -0.665. The lowest BCUT2D eigenvalue weighted by Crippen LogP contribution is -2.67. The van der Waals surface area contributed by atoms with E-state index in [9.17, 15) is 35.5 Å². The quantitative estimate of drug-likeness (QED) is 0.776. The van der Waals surface area contributed by atoms with Gasteiger partial charge in [0.1, 0.15) is 5.82 Å². The summed E-state index contributed by atoms with van der Waals surface area (Å²) in [4.78, 5) is 11.6. The summed E-state index contributed by atoms with van der Waals surface area (Å²) in [6.45, 7) is 1.99. The van der Waals surface area contributed by atoms with E-state index in [1.807, 2.05) is 5.32 Å². The zero-order valence-electron chi connectivity index (χ0n) is 12.0. The molecule has 1 aromatic carbocycles. The summed E-state index contributed by atoms with van der Waals surface area (Å²) in [5, 5.41) is 2.81. The fourth-order valence-corrected chi connectivity index (χ4v) is 1.91. The lowest BCUT2D eigenvalue weighted by Gasteiger charge is -2.37. The smallest absolute Gasteiger partial charge is 0.316 e. The van der Waals surface area contributed by atoms with Crippen molar-refractivity contribution in [2.75, 3.05) is 5.32 Å². The van der Waals surface area contributed by atoms with Crippen molar-refractivity contribution in [1.82, 2.24) is 5.32 Å². The summed E-state index contributed by atoms with van der Waals surface area (Å²) in [7, 11) is 0. The molecule has 10 heteroatoms. The second-order valence-electron chi connectivity index (χ2n) is 4.79. The number of amides is 2. The van der Waals surface area contributed by atoms with Crippen LogP contribution in [0.4, 0.5) is 41.2 Å². The molecule has 0 unspecified atom stereocenters. The van der Waals surface area contributed by atoms with Gasteiger partial charge in [0.05, 0.1) is 0 Å². The van der Waals surface area contributed by atoms with Crippen LogP contribution in [0.3, 0.4) is 0 Å². The molecule has 0 spiro atoms. The molecule has 0 bridgehead atoms. The third kappa shape index (κ3) is 3.85. The SMILES string of the molecule is CCC(NC(=O)Nc1ccc(F)cc1C)(C(F)(F)F)C(F)(F)F. The average molecular weight is 346 g/mol. The van der Waals surface area contributed by atoms with Crippen LogP contribution in [0.1, 0.15) is 18.9 Å². The Labute approximate surface area is 126 Å². The molecule has 3 nitrogen and oxygen atoms in total. The summed E-state index contributed by atoms with van der Waals surface area (Å²) >= 11 is 0. The first-order chi connectivity index (χ1) is 10.3. The summed E-state index contributed by atoms with van der Waals surface area (Å²) < 4.78 is 90.2. The number of rotatable bonds is 3. The average Bonchev–Trinajstić information content (AvgIpc) is 2.36. The van der Waals surface area contributed by atoms with Gasteiger partial charge in [-0.25, -0.2) is 9.18 Å². The topological polar surface area (TPSA) is 41.1 Å². The van der Waals surface area contributed by atoms with Gasteiger partial charge in [-0.1, -0.05) is 6.92 Å². The molecular formula is C13H13F7N2O. The Bertz CT molecular complexity index is 567. The van der Waals surface area contributed by atoms with Gasteiger partial charge in [0.15, 0.2) is 0 Å². The number of benzene rings is 1. The molecule has 0 atom stereocenters. The predicted octanol–water partition coefficient (Wildman–Crippen LogP) is 4.53. The van der Waals surface area contributed by atoms with Gasteiger partial charge < -0.3 is 10.6 Å². The van der Waals surface area contributed by atoms with E-state index >= 15 is 0 Å². The van der Waals surface area contributed by atoms with E-state index in [1.54, 1.807) is 0 Å². The van der Waals surface area contributed by atoms with Crippen molar-refractivity contribution in [2.45, 2.75) is 38.2 Å². The van der Waals surface area contributed by atoms with Gasteiger partial charge in [-0.3, -0.25) is 0 Å². The number of carbonyl (C=O) groups excluding carboxylic acids is 1. The molecule has 0 aromatic heterocycles. The van der Waals surface area contributed by atoms with Gasteiger partial charge in [-0.05, 0) is 37.1 Å². The van der Waals surface area contributed by atoms with E-state index in [0.717, 1.165) is 23.5 Å². The van der Waals surface area contributed by atoms with Crippen LogP contribution in [0.2, 0.25) is 0 Å². The molecular weight excluding hydrogens is 333 g/mol. The van der Waals surface area contributed by atoms with Crippen molar-refractivity contribution in [3.05, 3.63) is 29.6 Å². The lowest BCUT2D eigenvalue weighted by atomic mass is 9.94. The highest BCUT2D eigenvalue weighted by atomic mass is 19.4. The molecule has 23 heavy (non-hydrogen) atoms. The minimum absolute atomic E-state index is 0.113. The van der Waals surface area contributed by atoms with Crippen LogP contribution in [0.25, 0.3) is 0 Å². The minimum Gasteiger partial charge on any atom is -0.316 e. The Morgan fingerprint density at radius 1 is 1.09 bits per heavy atom. The van der Waals surface area contributed by atoms with Gasteiger partial charge in [0, 0.05) is 5.69 Å². The maximum atomic E-state index is 12.9. The number of aryl methyl sites for hydroxylation is 1. The first-order valence-electron chi connectivity index (χ1n) is 6.33. The molecule has 0 heterocycles. The normalized spacial score (nSPS) is 12.9. The molecule has 2 amide bonds. The zero-order chi connectivity index (χ0) is 18.1. The third-order valence-electron chi connectivity index (χ3n) is 3.26. The standard InChI is InChI=1S/C13H13F7N2O/c1-3-11(12(15,16)17,13(18,19)20)22-10(23)21-9-5-4-8(14)6-7(9)2/h4-6H,3H2,1-2H3,(H2,21,22,23). The largest absolute Gasteiger partial charge is 0.420 e. The van der Waals surface area contributed by atoms with Crippen molar-refractivity contribution in [3.63, 3.8) is 0 Å². The Morgan fingerprint density at radius 2 is 1.61 bits per heavy atom. The Balaban J connectivity index is 3.07. The Morgan fingerprint density at radius 3 is 2.00 bits per heavy atom. The van der Waals surface area contributed by atoms with Crippen LogP contribution in [-0.4, -0.2) is 23.9 Å². The van der Waals surface area contributed by atoms with Crippen LogP contribution >= 0.6 is 0 Å². The van der Waals surface area contributed by atoms with Gasteiger partial charge in [-0.15, -0.1) is 0 Å². The number of urea groups is 1. The van der Waals surface area contributed by atoms with E-state index < -0.39 is 36.2 Å². The maximum Gasteiger partial charge on any atom is 0.420 e. The van der Waals surface area contributed by atoms with Crippen molar-refractivity contribution in [2.24, 2.45) is 0 Å². The lowest BCUT2D eigenvalue weighted by molar-refractivity contribution is -0.304.